The molecule has 0 fully saturated rings. The maximum atomic E-state index is 12.0. The van der Waals surface area contributed by atoms with E-state index >= 15 is 0 Å². The number of likely N-dealkylation sites (N-methyl/N-ethyl adjacent to an activating group) is 1. The molecule has 1 rings (SSSR count). The number of carbonyl (C=O) groups is 2. The normalized spacial score (nSPS) is 11.4. The van der Waals surface area contributed by atoms with Crippen molar-refractivity contribution in [2.24, 2.45) is 0 Å². The fourth-order valence-electron chi connectivity index (χ4n) is 1.52. The van der Waals surface area contributed by atoms with Gasteiger partial charge in [0, 0.05) is 12.7 Å². The van der Waals surface area contributed by atoms with Crippen molar-refractivity contribution in [3.63, 3.8) is 0 Å². The molecule has 0 bridgehead atoms. The van der Waals surface area contributed by atoms with Crippen molar-refractivity contribution in [2.75, 3.05) is 7.05 Å². The summed E-state index contributed by atoms with van der Waals surface area (Å²) in [6.45, 7) is 6.74. The molecule has 6 nitrogen and oxygen atoms in total. The van der Waals surface area contributed by atoms with Gasteiger partial charge in [0.1, 0.15) is 12.1 Å². The highest BCUT2D eigenvalue weighted by atomic mass is 16.4. The van der Waals surface area contributed by atoms with Crippen LogP contribution in [0.25, 0.3) is 0 Å². The van der Waals surface area contributed by atoms with Gasteiger partial charge in [0.15, 0.2) is 0 Å². The lowest BCUT2D eigenvalue weighted by Crippen LogP contribution is -2.51. The van der Waals surface area contributed by atoms with Crippen LogP contribution < -0.4 is 0 Å². The summed E-state index contributed by atoms with van der Waals surface area (Å²) in [6.07, 6.45) is 0. The molecule has 0 aliphatic heterocycles. The minimum atomic E-state index is -1.23. The number of carboxylic acid groups (broad SMARTS) is 1. The Labute approximate surface area is 106 Å². The Hall–Kier alpha value is -1.85. The molecule has 1 aromatic rings. The third-order valence-electron chi connectivity index (χ3n) is 3.12. The van der Waals surface area contributed by atoms with Crippen LogP contribution in [0.3, 0.4) is 0 Å². The van der Waals surface area contributed by atoms with E-state index in [0.717, 1.165) is 11.4 Å². The van der Waals surface area contributed by atoms with Crippen LogP contribution in [0.5, 0.6) is 0 Å². The fraction of sp³-hybridized carbons (Fsp3) is 0.583. The Morgan fingerprint density at radius 1 is 1.44 bits per heavy atom. The van der Waals surface area contributed by atoms with Crippen molar-refractivity contribution in [1.29, 1.82) is 0 Å². The van der Waals surface area contributed by atoms with Crippen LogP contribution >= 0.6 is 0 Å². The molecule has 0 aliphatic rings. The minimum absolute atomic E-state index is 0.0485. The highest BCUT2D eigenvalue weighted by Crippen LogP contribution is 2.13. The summed E-state index contributed by atoms with van der Waals surface area (Å²) in [5, 5.41) is 13.3. The van der Waals surface area contributed by atoms with Crippen LogP contribution in [0.15, 0.2) is 6.07 Å². The first-order chi connectivity index (χ1) is 8.16. The van der Waals surface area contributed by atoms with E-state index in [9.17, 15) is 9.59 Å². The molecular weight excluding hydrogens is 234 g/mol. The van der Waals surface area contributed by atoms with Crippen LogP contribution in [0.1, 0.15) is 25.2 Å². The number of nitrogens with zero attached hydrogens (tertiary/aromatic N) is 3. The molecule has 0 aliphatic carbocycles. The highest BCUT2D eigenvalue weighted by Gasteiger charge is 2.35. The molecule has 0 saturated carbocycles. The number of aryl methyl sites for hydroxylation is 2. The summed E-state index contributed by atoms with van der Waals surface area (Å²) in [4.78, 5) is 24.3. The Morgan fingerprint density at radius 2 is 2.00 bits per heavy atom. The second-order valence-corrected chi connectivity index (χ2v) is 4.90. The van der Waals surface area contributed by atoms with Crippen LogP contribution in [-0.2, 0) is 16.1 Å². The average Bonchev–Trinajstić information content (AvgIpc) is 2.55. The van der Waals surface area contributed by atoms with E-state index < -0.39 is 11.5 Å². The number of hydrogen-bond donors (Lipinski definition) is 1. The van der Waals surface area contributed by atoms with Gasteiger partial charge in [-0.1, -0.05) is 0 Å². The molecule has 18 heavy (non-hydrogen) atoms. The minimum Gasteiger partial charge on any atom is -0.480 e. The van der Waals surface area contributed by atoms with Gasteiger partial charge in [-0.2, -0.15) is 5.10 Å². The van der Waals surface area contributed by atoms with Crippen molar-refractivity contribution in [3.05, 3.63) is 17.5 Å². The predicted molar refractivity (Wildman–Crippen MR) is 66.2 cm³/mol. The maximum absolute atomic E-state index is 12.0. The Morgan fingerprint density at radius 3 is 2.39 bits per heavy atom. The average molecular weight is 253 g/mol. The van der Waals surface area contributed by atoms with E-state index in [1.807, 2.05) is 19.9 Å². The summed E-state index contributed by atoms with van der Waals surface area (Å²) >= 11 is 0. The second kappa shape index (κ2) is 4.80. The Bertz CT molecular complexity index is 477. The van der Waals surface area contributed by atoms with Crippen molar-refractivity contribution < 1.29 is 14.7 Å². The molecule has 0 spiro atoms. The molecule has 0 aromatic carbocycles. The molecule has 0 unspecified atom stereocenters. The van der Waals surface area contributed by atoms with Crippen molar-refractivity contribution in [3.8, 4) is 0 Å². The molecule has 6 heteroatoms. The number of rotatable bonds is 4. The zero-order chi connectivity index (χ0) is 14.1. The first kappa shape index (κ1) is 14.2. The van der Waals surface area contributed by atoms with Crippen molar-refractivity contribution in [2.45, 2.75) is 39.8 Å². The maximum Gasteiger partial charge on any atom is 0.329 e. The van der Waals surface area contributed by atoms with Crippen molar-refractivity contribution >= 4 is 11.9 Å². The molecule has 1 N–H and O–H groups in total. The molecule has 1 heterocycles. The first-order valence-corrected chi connectivity index (χ1v) is 5.67. The fourth-order valence-corrected chi connectivity index (χ4v) is 1.52. The largest absolute Gasteiger partial charge is 0.480 e. The van der Waals surface area contributed by atoms with Gasteiger partial charge in [-0.3, -0.25) is 9.48 Å². The zero-order valence-electron chi connectivity index (χ0n) is 11.4. The smallest absolute Gasteiger partial charge is 0.329 e. The third kappa shape index (κ3) is 2.69. The number of aliphatic carboxylic acids is 1. The zero-order valence-corrected chi connectivity index (χ0v) is 11.4. The summed E-state index contributed by atoms with van der Waals surface area (Å²) in [5.74, 6) is -1.32. The molecular formula is C12H19N3O3. The second-order valence-electron chi connectivity index (χ2n) is 4.90. The number of carboxylic acids is 1. The van der Waals surface area contributed by atoms with Crippen LogP contribution in [0.2, 0.25) is 0 Å². The number of carbonyl (C=O) groups excluding carboxylic acids is 1. The highest BCUT2D eigenvalue weighted by molar-refractivity contribution is 5.86. The van der Waals surface area contributed by atoms with E-state index in [4.69, 9.17) is 5.11 Å². The van der Waals surface area contributed by atoms with Crippen molar-refractivity contribution in [1.82, 2.24) is 14.7 Å². The molecule has 0 atom stereocenters. The standard InChI is InChI=1S/C12H19N3O3/c1-8-6-9(2)15(13-8)7-10(16)14(5)12(3,4)11(17)18/h6H,7H2,1-5H3,(H,17,18). The number of amides is 1. The van der Waals surface area contributed by atoms with Crippen LogP contribution in [0, 0.1) is 13.8 Å². The van der Waals surface area contributed by atoms with Crippen LogP contribution in [0.4, 0.5) is 0 Å². The third-order valence-corrected chi connectivity index (χ3v) is 3.12. The summed E-state index contributed by atoms with van der Waals surface area (Å²) < 4.78 is 1.58. The van der Waals surface area contributed by atoms with Crippen LogP contribution in [-0.4, -0.2) is 44.3 Å². The van der Waals surface area contributed by atoms with Gasteiger partial charge < -0.3 is 10.0 Å². The molecule has 100 valence electrons. The predicted octanol–water partition coefficient (Wildman–Crippen LogP) is 0.822. The Kier molecular flexibility index (Phi) is 3.79. The van der Waals surface area contributed by atoms with Gasteiger partial charge in [-0.25, -0.2) is 4.79 Å². The van der Waals surface area contributed by atoms with Gasteiger partial charge in [-0.05, 0) is 33.8 Å². The van der Waals surface area contributed by atoms with E-state index in [1.165, 1.54) is 25.8 Å². The van der Waals surface area contributed by atoms with E-state index in [1.54, 1.807) is 4.68 Å². The lowest BCUT2D eigenvalue weighted by Gasteiger charge is -2.31. The number of hydrogen-bond acceptors (Lipinski definition) is 3. The SMILES string of the molecule is Cc1cc(C)n(CC(=O)N(C)C(C)(C)C(=O)O)n1. The van der Waals surface area contributed by atoms with Gasteiger partial charge in [0.2, 0.25) is 5.91 Å². The molecule has 0 saturated heterocycles. The topological polar surface area (TPSA) is 75.4 Å². The summed E-state index contributed by atoms with van der Waals surface area (Å²) in [5.41, 5.74) is 0.482. The monoisotopic (exact) mass is 253 g/mol. The van der Waals surface area contributed by atoms with E-state index in [-0.39, 0.29) is 12.5 Å². The summed E-state index contributed by atoms with van der Waals surface area (Å²) in [7, 11) is 1.49. The van der Waals surface area contributed by atoms with E-state index in [0.29, 0.717) is 0 Å². The first-order valence-electron chi connectivity index (χ1n) is 5.67. The molecule has 0 radical (unpaired) electrons. The lowest BCUT2D eigenvalue weighted by molar-refractivity contribution is -0.155. The van der Waals surface area contributed by atoms with Gasteiger partial charge in [0.05, 0.1) is 5.69 Å². The number of aromatic nitrogens is 2. The Balaban J connectivity index is 2.84. The summed E-state index contributed by atoms with van der Waals surface area (Å²) in [6, 6.07) is 1.87. The van der Waals surface area contributed by atoms with Gasteiger partial charge in [-0.15, -0.1) is 0 Å². The molecule has 1 aromatic heterocycles. The van der Waals surface area contributed by atoms with Gasteiger partial charge >= 0.3 is 5.97 Å². The quantitative estimate of drug-likeness (QED) is 0.862. The lowest BCUT2D eigenvalue weighted by atomic mass is 10.0. The molecule has 1 amide bonds. The van der Waals surface area contributed by atoms with Gasteiger partial charge in [0.25, 0.3) is 0 Å². The van der Waals surface area contributed by atoms with E-state index in [2.05, 4.69) is 5.10 Å².